The summed E-state index contributed by atoms with van der Waals surface area (Å²) in [5.41, 5.74) is 0.917. The summed E-state index contributed by atoms with van der Waals surface area (Å²) in [6.45, 7) is 5.56. The molecule has 2 aromatic rings. The topological polar surface area (TPSA) is 50.8 Å². The number of ether oxygens (including phenoxy) is 2. The van der Waals surface area contributed by atoms with Gasteiger partial charge >= 0.3 is 6.03 Å². The summed E-state index contributed by atoms with van der Waals surface area (Å²) in [5, 5.41) is 3.71. The molecular formula is C21H25ClN2O3. The van der Waals surface area contributed by atoms with Crippen LogP contribution in [0.3, 0.4) is 0 Å². The van der Waals surface area contributed by atoms with E-state index in [0.717, 1.165) is 11.3 Å². The summed E-state index contributed by atoms with van der Waals surface area (Å²) in [6, 6.07) is 15.1. The Bertz CT molecular complexity index is 792. The largest absolute Gasteiger partial charge is 0.486 e. The van der Waals surface area contributed by atoms with Crippen LogP contribution in [0.2, 0.25) is 5.02 Å². The number of nitrogens with one attached hydrogen (secondary N) is 1. The predicted octanol–water partition coefficient (Wildman–Crippen LogP) is 4.10. The normalized spacial score (nSPS) is 15.9. The number of likely N-dealkylation sites (N-methyl/N-ethyl adjacent to an activating group) is 1. The minimum atomic E-state index is -0.204. The van der Waals surface area contributed by atoms with Gasteiger partial charge in [-0.2, -0.15) is 0 Å². The van der Waals surface area contributed by atoms with Gasteiger partial charge in [0, 0.05) is 24.0 Å². The second-order valence-electron chi connectivity index (χ2n) is 7.43. The fraction of sp³-hybridized carbons (Fsp3) is 0.381. The lowest BCUT2D eigenvalue weighted by Crippen LogP contribution is -2.47. The van der Waals surface area contributed by atoms with E-state index in [4.69, 9.17) is 21.1 Å². The highest BCUT2D eigenvalue weighted by molar-refractivity contribution is 6.30. The zero-order chi connectivity index (χ0) is 19.4. The van der Waals surface area contributed by atoms with Gasteiger partial charge in [0.05, 0.1) is 6.54 Å². The smallest absolute Gasteiger partial charge is 0.317 e. The highest BCUT2D eigenvalue weighted by Gasteiger charge is 2.25. The first-order chi connectivity index (χ1) is 12.8. The monoisotopic (exact) mass is 388 g/mol. The van der Waals surface area contributed by atoms with Crippen molar-refractivity contribution in [2.75, 3.05) is 26.7 Å². The van der Waals surface area contributed by atoms with Crippen molar-refractivity contribution in [3.05, 3.63) is 59.1 Å². The van der Waals surface area contributed by atoms with Gasteiger partial charge in [0.25, 0.3) is 0 Å². The van der Waals surface area contributed by atoms with Crippen molar-refractivity contribution in [3.63, 3.8) is 0 Å². The average Bonchev–Trinajstić information content (AvgIpc) is 2.66. The van der Waals surface area contributed by atoms with Gasteiger partial charge in [-0.1, -0.05) is 49.7 Å². The molecule has 1 atom stereocenters. The SMILES string of the molecule is CN(CC1COc2ccccc2O1)C(=O)NCC(C)(C)c1ccc(Cl)cc1. The second-order valence-corrected chi connectivity index (χ2v) is 7.86. The molecule has 0 spiro atoms. The molecule has 2 aromatic carbocycles. The Morgan fingerprint density at radius 3 is 2.56 bits per heavy atom. The molecule has 3 rings (SSSR count). The molecule has 2 amide bonds. The molecule has 5 nitrogen and oxygen atoms in total. The number of halogens is 1. The van der Waals surface area contributed by atoms with Crippen LogP contribution in [0.25, 0.3) is 0 Å². The molecule has 1 unspecified atom stereocenters. The number of hydrogen-bond acceptors (Lipinski definition) is 3. The van der Waals surface area contributed by atoms with Crippen molar-refractivity contribution >= 4 is 17.6 Å². The maximum atomic E-state index is 12.5. The lowest BCUT2D eigenvalue weighted by molar-refractivity contribution is 0.0714. The predicted molar refractivity (Wildman–Crippen MR) is 107 cm³/mol. The number of hydrogen-bond donors (Lipinski definition) is 1. The first-order valence-corrected chi connectivity index (χ1v) is 9.36. The van der Waals surface area contributed by atoms with Crippen LogP contribution in [-0.2, 0) is 5.41 Å². The maximum absolute atomic E-state index is 12.5. The summed E-state index contributed by atoms with van der Waals surface area (Å²) >= 11 is 5.96. The molecule has 144 valence electrons. The van der Waals surface area contributed by atoms with Crippen molar-refractivity contribution in [1.29, 1.82) is 0 Å². The molecule has 0 bridgehead atoms. The van der Waals surface area contributed by atoms with Crippen LogP contribution < -0.4 is 14.8 Å². The van der Waals surface area contributed by atoms with Gasteiger partial charge in [-0.05, 0) is 29.8 Å². The summed E-state index contributed by atoms with van der Waals surface area (Å²) in [6.07, 6.45) is -0.195. The van der Waals surface area contributed by atoms with E-state index in [1.54, 1.807) is 11.9 Å². The number of benzene rings is 2. The molecule has 1 N–H and O–H groups in total. The quantitative estimate of drug-likeness (QED) is 0.838. The molecule has 1 aliphatic heterocycles. The fourth-order valence-electron chi connectivity index (χ4n) is 2.98. The lowest BCUT2D eigenvalue weighted by Gasteiger charge is -2.31. The molecule has 1 aliphatic rings. The van der Waals surface area contributed by atoms with E-state index in [1.807, 2.05) is 48.5 Å². The third kappa shape index (κ3) is 4.86. The van der Waals surface area contributed by atoms with Crippen LogP contribution in [0.1, 0.15) is 19.4 Å². The lowest BCUT2D eigenvalue weighted by atomic mass is 9.85. The number of carbonyl (C=O) groups excluding carboxylic acids is 1. The van der Waals surface area contributed by atoms with E-state index in [-0.39, 0.29) is 17.6 Å². The molecule has 0 fully saturated rings. The molecule has 0 aliphatic carbocycles. The Hall–Kier alpha value is -2.40. The van der Waals surface area contributed by atoms with E-state index in [2.05, 4.69) is 19.2 Å². The van der Waals surface area contributed by atoms with Gasteiger partial charge in [-0.3, -0.25) is 0 Å². The fourth-order valence-corrected chi connectivity index (χ4v) is 3.10. The van der Waals surface area contributed by atoms with Gasteiger partial charge in [0.2, 0.25) is 0 Å². The molecule has 0 saturated heterocycles. The van der Waals surface area contributed by atoms with Crippen LogP contribution in [0.15, 0.2) is 48.5 Å². The van der Waals surface area contributed by atoms with Crippen LogP contribution in [0.5, 0.6) is 11.5 Å². The minimum absolute atomic E-state index is 0.139. The number of amides is 2. The zero-order valence-corrected chi connectivity index (χ0v) is 16.6. The number of rotatable bonds is 5. The molecular weight excluding hydrogens is 364 g/mol. The Kier molecular flexibility index (Phi) is 5.80. The Morgan fingerprint density at radius 2 is 1.85 bits per heavy atom. The van der Waals surface area contributed by atoms with Gasteiger partial charge in [-0.15, -0.1) is 0 Å². The van der Waals surface area contributed by atoms with Crippen molar-refractivity contribution < 1.29 is 14.3 Å². The van der Waals surface area contributed by atoms with E-state index in [9.17, 15) is 4.79 Å². The van der Waals surface area contributed by atoms with E-state index >= 15 is 0 Å². The van der Waals surface area contributed by atoms with E-state index < -0.39 is 0 Å². The van der Waals surface area contributed by atoms with Gasteiger partial charge < -0.3 is 19.7 Å². The molecule has 0 radical (unpaired) electrons. The molecule has 27 heavy (non-hydrogen) atoms. The second kappa shape index (κ2) is 8.09. The summed E-state index contributed by atoms with van der Waals surface area (Å²) in [4.78, 5) is 14.1. The van der Waals surface area contributed by atoms with Crippen molar-refractivity contribution in [1.82, 2.24) is 10.2 Å². The van der Waals surface area contributed by atoms with Crippen LogP contribution in [0.4, 0.5) is 4.79 Å². The number of para-hydroxylation sites is 2. The molecule has 1 heterocycles. The first-order valence-electron chi connectivity index (χ1n) is 8.99. The number of fused-ring (bicyclic) bond motifs is 1. The molecule has 6 heteroatoms. The highest BCUT2D eigenvalue weighted by atomic mass is 35.5. The minimum Gasteiger partial charge on any atom is -0.486 e. The van der Waals surface area contributed by atoms with E-state index in [1.165, 1.54) is 0 Å². The maximum Gasteiger partial charge on any atom is 0.317 e. The Labute approximate surface area is 165 Å². The zero-order valence-electron chi connectivity index (χ0n) is 15.9. The van der Waals surface area contributed by atoms with Crippen LogP contribution >= 0.6 is 11.6 Å². The first kappa shape index (κ1) is 19.4. The summed E-state index contributed by atoms with van der Waals surface area (Å²) < 4.78 is 11.6. The molecule has 0 saturated carbocycles. The number of urea groups is 1. The standard InChI is InChI=1S/C21H25ClN2O3/c1-21(2,15-8-10-16(22)11-9-15)14-23-20(25)24(3)12-17-13-26-18-6-4-5-7-19(18)27-17/h4-11,17H,12-14H2,1-3H3,(H,23,25). The van der Waals surface area contributed by atoms with Gasteiger partial charge in [0.15, 0.2) is 17.6 Å². The molecule has 0 aromatic heterocycles. The van der Waals surface area contributed by atoms with Crippen LogP contribution in [0, 0.1) is 0 Å². The average molecular weight is 389 g/mol. The third-order valence-corrected chi connectivity index (χ3v) is 4.95. The van der Waals surface area contributed by atoms with Gasteiger partial charge in [0.1, 0.15) is 6.61 Å². The Morgan fingerprint density at radius 1 is 1.19 bits per heavy atom. The van der Waals surface area contributed by atoms with E-state index in [0.29, 0.717) is 30.5 Å². The van der Waals surface area contributed by atoms with Gasteiger partial charge in [-0.25, -0.2) is 4.79 Å². The van der Waals surface area contributed by atoms with Crippen LogP contribution in [-0.4, -0.2) is 43.8 Å². The van der Waals surface area contributed by atoms with Crippen molar-refractivity contribution in [2.24, 2.45) is 0 Å². The summed E-state index contributed by atoms with van der Waals surface area (Å²) in [7, 11) is 1.76. The highest BCUT2D eigenvalue weighted by Crippen LogP contribution is 2.31. The number of carbonyl (C=O) groups is 1. The Balaban J connectivity index is 1.51. The third-order valence-electron chi connectivity index (χ3n) is 4.70. The van der Waals surface area contributed by atoms with Crippen molar-refractivity contribution in [3.8, 4) is 11.5 Å². The number of nitrogens with zero attached hydrogens (tertiary/aromatic N) is 1. The van der Waals surface area contributed by atoms with Crippen molar-refractivity contribution in [2.45, 2.75) is 25.4 Å². The summed E-state index contributed by atoms with van der Waals surface area (Å²) in [5.74, 6) is 1.46.